The molecule has 0 fully saturated rings. The molecule has 1 aromatic carbocycles. The molecule has 2 amide bonds. The second kappa shape index (κ2) is 11.2. The molecule has 8 heteroatoms. The molecular weight excluding hydrogens is 412 g/mol. The molecule has 2 atom stereocenters. The first kappa shape index (κ1) is 27.3. The minimum Gasteiger partial charge on any atom is -0.469 e. The van der Waals surface area contributed by atoms with Gasteiger partial charge in [0.05, 0.1) is 13.0 Å². The summed E-state index contributed by atoms with van der Waals surface area (Å²) in [5, 5.41) is 5.48. The van der Waals surface area contributed by atoms with Crippen LogP contribution < -0.4 is 10.6 Å². The van der Waals surface area contributed by atoms with Crippen LogP contribution in [0.15, 0.2) is 18.2 Å². The Morgan fingerprint density at radius 3 is 2.03 bits per heavy atom. The number of hydrogen-bond donors (Lipinski definition) is 2. The van der Waals surface area contributed by atoms with Gasteiger partial charge < -0.3 is 24.8 Å². The molecule has 180 valence electrons. The van der Waals surface area contributed by atoms with Crippen molar-refractivity contribution in [1.29, 1.82) is 0 Å². The van der Waals surface area contributed by atoms with Crippen LogP contribution in [0.4, 0.5) is 9.59 Å². The maximum Gasteiger partial charge on any atom is 0.407 e. The van der Waals surface area contributed by atoms with Crippen LogP contribution in [0, 0.1) is 12.8 Å². The van der Waals surface area contributed by atoms with E-state index in [0.29, 0.717) is 6.42 Å². The van der Waals surface area contributed by atoms with Crippen LogP contribution in [0.5, 0.6) is 0 Å². The number of alkyl carbamates (subject to hydrolysis) is 2. The maximum absolute atomic E-state index is 12.5. The van der Waals surface area contributed by atoms with Crippen LogP contribution in [0.25, 0.3) is 0 Å². The summed E-state index contributed by atoms with van der Waals surface area (Å²) in [7, 11) is 1.32. The first-order chi connectivity index (χ1) is 14.6. The lowest BCUT2D eigenvalue weighted by Crippen LogP contribution is -2.44. The largest absolute Gasteiger partial charge is 0.469 e. The zero-order valence-electron chi connectivity index (χ0n) is 20.8. The summed E-state index contributed by atoms with van der Waals surface area (Å²) in [6.45, 7) is 14.6. The minimum absolute atomic E-state index is 0.242. The fourth-order valence-corrected chi connectivity index (χ4v) is 3.05. The number of esters is 1. The van der Waals surface area contributed by atoms with Gasteiger partial charge in [0.15, 0.2) is 0 Å². The summed E-state index contributed by atoms with van der Waals surface area (Å²) in [4.78, 5) is 36.8. The standard InChI is InChI=1S/C24H38N2O6/c1-15-10-11-17(14-25-21(28)31-23(3,4)5)18(12-15)13-19(20(27)30-9)16(2)26-22(29)32-24(6,7)8/h10-12,16,19H,13-14H2,1-9H3,(H,25,28)(H,26,29)/t16-,19-/m1/s1. The summed E-state index contributed by atoms with van der Waals surface area (Å²) in [5.41, 5.74) is 1.48. The molecule has 0 saturated carbocycles. The van der Waals surface area contributed by atoms with E-state index in [0.717, 1.165) is 16.7 Å². The molecule has 0 saturated heterocycles. The molecule has 0 bridgehead atoms. The van der Waals surface area contributed by atoms with Crippen molar-refractivity contribution in [3.8, 4) is 0 Å². The van der Waals surface area contributed by atoms with Gasteiger partial charge in [-0.15, -0.1) is 0 Å². The molecule has 2 N–H and O–H groups in total. The zero-order valence-corrected chi connectivity index (χ0v) is 20.8. The van der Waals surface area contributed by atoms with E-state index in [1.165, 1.54) is 7.11 Å². The van der Waals surface area contributed by atoms with E-state index >= 15 is 0 Å². The number of hydrogen-bond acceptors (Lipinski definition) is 6. The number of carbonyl (C=O) groups is 3. The molecule has 1 aromatic rings. The van der Waals surface area contributed by atoms with Crippen LogP contribution in [0.1, 0.15) is 65.2 Å². The molecule has 1 rings (SSSR count). The third kappa shape index (κ3) is 10.0. The van der Waals surface area contributed by atoms with Gasteiger partial charge in [0.2, 0.25) is 0 Å². The Morgan fingerprint density at radius 2 is 1.50 bits per heavy atom. The monoisotopic (exact) mass is 450 g/mol. The minimum atomic E-state index is -0.651. The molecule has 0 radical (unpaired) electrons. The number of benzene rings is 1. The van der Waals surface area contributed by atoms with Crippen LogP contribution in [-0.2, 0) is 32.0 Å². The van der Waals surface area contributed by atoms with Crippen molar-refractivity contribution in [3.63, 3.8) is 0 Å². The van der Waals surface area contributed by atoms with E-state index in [2.05, 4.69) is 10.6 Å². The van der Waals surface area contributed by atoms with Gasteiger partial charge in [0, 0.05) is 12.6 Å². The number of amides is 2. The van der Waals surface area contributed by atoms with E-state index in [9.17, 15) is 14.4 Å². The molecule has 0 aliphatic carbocycles. The summed E-state index contributed by atoms with van der Waals surface area (Å²) in [5.74, 6) is -1.09. The van der Waals surface area contributed by atoms with Gasteiger partial charge in [-0.25, -0.2) is 9.59 Å². The Hall–Kier alpha value is -2.77. The quantitative estimate of drug-likeness (QED) is 0.475. The van der Waals surface area contributed by atoms with Gasteiger partial charge in [-0.2, -0.15) is 0 Å². The zero-order chi connectivity index (χ0) is 24.7. The predicted octanol–water partition coefficient (Wildman–Crippen LogP) is 4.26. The lowest BCUT2D eigenvalue weighted by Gasteiger charge is -2.26. The van der Waals surface area contributed by atoms with E-state index in [-0.39, 0.29) is 6.54 Å². The highest BCUT2D eigenvalue weighted by Crippen LogP contribution is 2.21. The number of ether oxygens (including phenoxy) is 3. The van der Waals surface area contributed by atoms with Gasteiger partial charge >= 0.3 is 18.2 Å². The lowest BCUT2D eigenvalue weighted by atomic mass is 9.89. The highest BCUT2D eigenvalue weighted by atomic mass is 16.6. The number of rotatable bonds is 7. The summed E-state index contributed by atoms with van der Waals surface area (Å²) in [6, 6.07) is 5.26. The third-order valence-electron chi connectivity index (χ3n) is 4.48. The highest BCUT2D eigenvalue weighted by Gasteiger charge is 2.30. The second-order valence-corrected chi connectivity index (χ2v) is 9.90. The Morgan fingerprint density at radius 1 is 0.938 bits per heavy atom. The molecule has 0 spiro atoms. The Balaban J connectivity index is 3.02. The molecule has 0 aliphatic heterocycles. The van der Waals surface area contributed by atoms with Crippen molar-refractivity contribution in [1.82, 2.24) is 10.6 Å². The molecule has 0 aromatic heterocycles. The average molecular weight is 451 g/mol. The Bertz CT molecular complexity index is 808. The molecule has 8 nitrogen and oxygen atoms in total. The fraction of sp³-hybridized carbons (Fsp3) is 0.625. The topological polar surface area (TPSA) is 103 Å². The van der Waals surface area contributed by atoms with Gasteiger partial charge in [-0.1, -0.05) is 23.8 Å². The molecule has 32 heavy (non-hydrogen) atoms. The molecule has 0 heterocycles. The van der Waals surface area contributed by atoms with E-state index in [1.54, 1.807) is 48.5 Å². The maximum atomic E-state index is 12.5. The Kier molecular flexibility index (Phi) is 9.54. The number of nitrogens with one attached hydrogen (secondary N) is 2. The first-order valence-corrected chi connectivity index (χ1v) is 10.7. The number of carbonyl (C=O) groups excluding carboxylic acids is 3. The van der Waals surface area contributed by atoms with Gasteiger partial charge in [0.1, 0.15) is 11.2 Å². The number of aryl methyl sites for hydroxylation is 1. The molecule has 0 aliphatic rings. The van der Waals surface area contributed by atoms with Gasteiger partial charge in [-0.3, -0.25) is 4.79 Å². The second-order valence-electron chi connectivity index (χ2n) is 9.90. The summed E-state index contributed by atoms with van der Waals surface area (Å²) < 4.78 is 15.6. The number of methoxy groups -OCH3 is 1. The normalized spacial score (nSPS) is 13.5. The van der Waals surface area contributed by atoms with Crippen molar-refractivity contribution >= 4 is 18.2 Å². The SMILES string of the molecule is COC(=O)[C@H](Cc1cc(C)ccc1CNC(=O)OC(C)(C)C)[C@@H](C)NC(=O)OC(C)(C)C. The van der Waals surface area contributed by atoms with E-state index in [1.807, 2.05) is 25.1 Å². The van der Waals surface area contributed by atoms with Crippen LogP contribution in [0.3, 0.4) is 0 Å². The van der Waals surface area contributed by atoms with Crippen LogP contribution in [0.2, 0.25) is 0 Å². The smallest absolute Gasteiger partial charge is 0.407 e. The lowest BCUT2D eigenvalue weighted by molar-refractivity contribution is -0.146. The third-order valence-corrected chi connectivity index (χ3v) is 4.48. The van der Waals surface area contributed by atoms with Crippen LogP contribution >= 0.6 is 0 Å². The summed E-state index contributed by atoms with van der Waals surface area (Å²) in [6.07, 6.45) is -0.806. The van der Waals surface area contributed by atoms with Crippen LogP contribution in [-0.4, -0.2) is 42.5 Å². The highest BCUT2D eigenvalue weighted by molar-refractivity contribution is 5.75. The van der Waals surface area contributed by atoms with E-state index < -0.39 is 41.3 Å². The van der Waals surface area contributed by atoms with E-state index in [4.69, 9.17) is 14.2 Å². The van der Waals surface area contributed by atoms with Crippen molar-refractivity contribution in [2.45, 2.75) is 85.6 Å². The van der Waals surface area contributed by atoms with Crippen molar-refractivity contribution < 1.29 is 28.6 Å². The summed E-state index contributed by atoms with van der Waals surface area (Å²) >= 11 is 0. The predicted molar refractivity (Wildman–Crippen MR) is 122 cm³/mol. The fourth-order valence-electron chi connectivity index (χ4n) is 3.05. The van der Waals surface area contributed by atoms with Crippen molar-refractivity contribution in [3.05, 3.63) is 34.9 Å². The van der Waals surface area contributed by atoms with Crippen molar-refractivity contribution in [2.24, 2.45) is 5.92 Å². The van der Waals surface area contributed by atoms with Gasteiger partial charge in [0.25, 0.3) is 0 Å². The average Bonchev–Trinajstić information content (AvgIpc) is 2.61. The Labute approximate surface area is 191 Å². The molecule has 0 unspecified atom stereocenters. The van der Waals surface area contributed by atoms with Gasteiger partial charge in [-0.05, 0) is 72.9 Å². The van der Waals surface area contributed by atoms with Crippen molar-refractivity contribution in [2.75, 3.05) is 7.11 Å². The first-order valence-electron chi connectivity index (χ1n) is 10.7. The molecular formula is C24H38N2O6.